The van der Waals surface area contributed by atoms with Gasteiger partial charge < -0.3 is 10.6 Å². The molecule has 1 saturated heterocycles. The van der Waals surface area contributed by atoms with Crippen molar-refractivity contribution in [2.75, 3.05) is 19.6 Å². The van der Waals surface area contributed by atoms with Crippen LogP contribution in [-0.4, -0.2) is 42.5 Å². The average Bonchev–Trinajstić information content (AvgIpc) is 2.88. The molecule has 5 heteroatoms. The molecule has 128 valence electrons. The zero-order valence-corrected chi connectivity index (χ0v) is 15.1. The second-order valence-corrected chi connectivity index (χ2v) is 7.14. The molecule has 23 heavy (non-hydrogen) atoms. The molecule has 0 spiro atoms. The SMILES string of the molecule is CCNC(=O)[C@@H]1C[C@H](NCC(C)C)CN1Cc1cccc(Cl)c1. The minimum absolute atomic E-state index is 0.0707. The van der Waals surface area contributed by atoms with E-state index >= 15 is 0 Å². The maximum Gasteiger partial charge on any atom is 0.237 e. The molecule has 2 N–H and O–H groups in total. The van der Waals surface area contributed by atoms with Crippen molar-refractivity contribution in [2.45, 2.75) is 45.8 Å². The standard InChI is InChI=1S/C18H28ClN3O/c1-4-20-18(23)17-9-16(21-10-13(2)3)12-22(17)11-14-6-5-7-15(19)8-14/h5-8,13,16-17,21H,4,9-12H2,1-3H3,(H,20,23)/t16-,17-/m0/s1. The number of nitrogens with zero attached hydrogens (tertiary/aromatic N) is 1. The zero-order valence-electron chi connectivity index (χ0n) is 14.3. The molecule has 0 saturated carbocycles. The van der Waals surface area contributed by atoms with E-state index < -0.39 is 0 Å². The topological polar surface area (TPSA) is 44.4 Å². The first-order valence-electron chi connectivity index (χ1n) is 8.49. The van der Waals surface area contributed by atoms with Gasteiger partial charge in [-0.15, -0.1) is 0 Å². The summed E-state index contributed by atoms with van der Waals surface area (Å²) >= 11 is 6.08. The van der Waals surface area contributed by atoms with Gasteiger partial charge in [-0.05, 0) is 43.5 Å². The second-order valence-electron chi connectivity index (χ2n) is 6.70. The van der Waals surface area contributed by atoms with Crippen molar-refractivity contribution in [1.82, 2.24) is 15.5 Å². The van der Waals surface area contributed by atoms with E-state index in [1.807, 2.05) is 25.1 Å². The fourth-order valence-electron chi connectivity index (χ4n) is 3.06. The van der Waals surface area contributed by atoms with Gasteiger partial charge in [0.15, 0.2) is 0 Å². The minimum Gasteiger partial charge on any atom is -0.355 e. The molecular formula is C18H28ClN3O. The molecule has 4 nitrogen and oxygen atoms in total. The van der Waals surface area contributed by atoms with Crippen LogP contribution in [0.5, 0.6) is 0 Å². The van der Waals surface area contributed by atoms with E-state index in [1.54, 1.807) is 0 Å². The summed E-state index contributed by atoms with van der Waals surface area (Å²) in [6.45, 7) is 9.66. The first-order valence-corrected chi connectivity index (χ1v) is 8.87. The maximum atomic E-state index is 12.4. The van der Waals surface area contributed by atoms with Gasteiger partial charge in [-0.25, -0.2) is 0 Å². The first-order chi connectivity index (χ1) is 11.0. The highest BCUT2D eigenvalue weighted by Gasteiger charge is 2.36. The number of carbonyl (C=O) groups is 1. The zero-order chi connectivity index (χ0) is 16.8. The largest absolute Gasteiger partial charge is 0.355 e. The Kier molecular flexibility index (Phi) is 6.88. The summed E-state index contributed by atoms with van der Waals surface area (Å²) in [4.78, 5) is 14.6. The van der Waals surface area contributed by atoms with Crippen molar-refractivity contribution in [3.05, 3.63) is 34.9 Å². The molecule has 2 rings (SSSR count). The normalized spacial score (nSPS) is 21.8. The van der Waals surface area contributed by atoms with Crippen LogP contribution in [0.25, 0.3) is 0 Å². The lowest BCUT2D eigenvalue weighted by molar-refractivity contribution is -0.125. The van der Waals surface area contributed by atoms with Gasteiger partial charge in [-0.2, -0.15) is 0 Å². The molecule has 1 aromatic carbocycles. The van der Waals surface area contributed by atoms with E-state index in [0.29, 0.717) is 18.5 Å². The van der Waals surface area contributed by atoms with E-state index in [-0.39, 0.29) is 11.9 Å². The van der Waals surface area contributed by atoms with Gasteiger partial charge in [0, 0.05) is 30.7 Å². The van der Waals surface area contributed by atoms with E-state index in [9.17, 15) is 4.79 Å². The molecule has 0 bridgehead atoms. The molecule has 1 aromatic rings. The molecular weight excluding hydrogens is 310 g/mol. The van der Waals surface area contributed by atoms with Gasteiger partial charge in [0.2, 0.25) is 5.91 Å². The molecule has 0 aromatic heterocycles. The molecule has 2 atom stereocenters. The highest BCUT2D eigenvalue weighted by molar-refractivity contribution is 6.30. The fraction of sp³-hybridized carbons (Fsp3) is 0.611. The van der Waals surface area contributed by atoms with Gasteiger partial charge in [0.25, 0.3) is 0 Å². The molecule has 0 aliphatic carbocycles. The van der Waals surface area contributed by atoms with Gasteiger partial charge in [-0.1, -0.05) is 37.6 Å². The molecule has 1 aliphatic heterocycles. The third kappa shape index (κ3) is 5.48. The average molecular weight is 338 g/mol. The van der Waals surface area contributed by atoms with Gasteiger partial charge in [0.05, 0.1) is 6.04 Å². The van der Waals surface area contributed by atoms with E-state index in [1.165, 1.54) is 0 Å². The van der Waals surface area contributed by atoms with Crippen LogP contribution in [0.4, 0.5) is 0 Å². The van der Waals surface area contributed by atoms with E-state index in [4.69, 9.17) is 11.6 Å². The third-order valence-corrected chi connectivity index (χ3v) is 4.38. The lowest BCUT2D eigenvalue weighted by Gasteiger charge is -2.23. The van der Waals surface area contributed by atoms with Crippen molar-refractivity contribution in [2.24, 2.45) is 5.92 Å². The van der Waals surface area contributed by atoms with Crippen LogP contribution in [0.1, 0.15) is 32.8 Å². The summed E-state index contributed by atoms with van der Waals surface area (Å²) in [6, 6.07) is 8.18. The summed E-state index contributed by atoms with van der Waals surface area (Å²) in [5.41, 5.74) is 1.15. The van der Waals surface area contributed by atoms with Crippen LogP contribution in [0.15, 0.2) is 24.3 Å². The highest BCUT2D eigenvalue weighted by atomic mass is 35.5. The van der Waals surface area contributed by atoms with Crippen LogP contribution in [0, 0.1) is 5.92 Å². The number of likely N-dealkylation sites (tertiary alicyclic amines) is 1. The molecule has 1 amide bonds. The molecule has 1 fully saturated rings. The number of nitrogens with one attached hydrogen (secondary N) is 2. The summed E-state index contributed by atoms with van der Waals surface area (Å²) in [7, 11) is 0. The van der Waals surface area contributed by atoms with Gasteiger partial charge >= 0.3 is 0 Å². The Balaban J connectivity index is 2.04. The lowest BCUT2D eigenvalue weighted by Crippen LogP contribution is -2.42. The molecule has 1 aliphatic rings. The predicted molar refractivity (Wildman–Crippen MR) is 95.6 cm³/mol. The molecule has 0 radical (unpaired) electrons. The Labute approximate surface area is 144 Å². The Bertz CT molecular complexity index is 521. The molecule has 0 unspecified atom stereocenters. The number of halogens is 1. The summed E-state index contributed by atoms with van der Waals surface area (Å²) in [6.07, 6.45) is 0.860. The van der Waals surface area contributed by atoms with Crippen molar-refractivity contribution in [3.8, 4) is 0 Å². The van der Waals surface area contributed by atoms with Crippen LogP contribution in [0.2, 0.25) is 5.02 Å². The number of hydrogen-bond acceptors (Lipinski definition) is 3. The van der Waals surface area contributed by atoms with Crippen molar-refractivity contribution in [1.29, 1.82) is 0 Å². The molecule has 1 heterocycles. The Morgan fingerprint density at radius 3 is 2.87 bits per heavy atom. The number of hydrogen-bond donors (Lipinski definition) is 2. The Morgan fingerprint density at radius 1 is 1.43 bits per heavy atom. The summed E-state index contributed by atoms with van der Waals surface area (Å²) in [5.74, 6) is 0.739. The lowest BCUT2D eigenvalue weighted by atomic mass is 10.1. The highest BCUT2D eigenvalue weighted by Crippen LogP contribution is 2.22. The Morgan fingerprint density at radius 2 is 2.22 bits per heavy atom. The summed E-state index contributed by atoms with van der Waals surface area (Å²) in [5, 5.41) is 7.29. The van der Waals surface area contributed by atoms with Crippen LogP contribution >= 0.6 is 11.6 Å². The van der Waals surface area contributed by atoms with Gasteiger partial charge in [0.1, 0.15) is 0 Å². The van der Waals surface area contributed by atoms with Gasteiger partial charge in [-0.3, -0.25) is 9.69 Å². The minimum atomic E-state index is -0.0707. The van der Waals surface area contributed by atoms with Crippen molar-refractivity contribution in [3.63, 3.8) is 0 Å². The smallest absolute Gasteiger partial charge is 0.237 e. The number of carbonyl (C=O) groups excluding carboxylic acids is 1. The maximum absolute atomic E-state index is 12.4. The third-order valence-electron chi connectivity index (χ3n) is 4.15. The van der Waals surface area contributed by atoms with Crippen molar-refractivity contribution < 1.29 is 4.79 Å². The summed E-state index contributed by atoms with van der Waals surface area (Å²) < 4.78 is 0. The van der Waals surface area contributed by atoms with E-state index in [0.717, 1.165) is 36.6 Å². The number of amides is 1. The number of rotatable bonds is 7. The first kappa shape index (κ1) is 18.2. The van der Waals surface area contributed by atoms with Crippen LogP contribution < -0.4 is 10.6 Å². The van der Waals surface area contributed by atoms with Crippen LogP contribution in [-0.2, 0) is 11.3 Å². The fourth-order valence-corrected chi connectivity index (χ4v) is 3.28. The second kappa shape index (κ2) is 8.67. The number of benzene rings is 1. The van der Waals surface area contributed by atoms with Crippen LogP contribution in [0.3, 0.4) is 0 Å². The quantitative estimate of drug-likeness (QED) is 0.804. The number of likely N-dealkylation sites (N-methyl/N-ethyl adjacent to an activating group) is 1. The van der Waals surface area contributed by atoms with Crippen molar-refractivity contribution >= 4 is 17.5 Å². The van der Waals surface area contributed by atoms with E-state index in [2.05, 4.69) is 35.4 Å². The monoisotopic (exact) mass is 337 g/mol. The Hall–Kier alpha value is -1.10. The predicted octanol–water partition coefficient (Wildman–Crippen LogP) is 2.66.